The van der Waals surface area contributed by atoms with Gasteiger partial charge in [0.15, 0.2) is 0 Å². The maximum Gasteiger partial charge on any atom is 0.0463 e. The van der Waals surface area contributed by atoms with Gasteiger partial charge >= 0.3 is 0 Å². The van der Waals surface area contributed by atoms with E-state index in [1.807, 2.05) is 0 Å². The van der Waals surface area contributed by atoms with E-state index in [1.165, 1.54) is 11.1 Å². The van der Waals surface area contributed by atoms with E-state index in [-0.39, 0.29) is 10.8 Å². The van der Waals surface area contributed by atoms with Crippen LogP contribution in [0.2, 0.25) is 0 Å². The Hall–Kier alpha value is -7.82. The molecule has 0 aliphatic rings. The lowest BCUT2D eigenvalue weighted by molar-refractivity contribution is 0.590. The molecule has 9 aromatic carbocycles. The van der Waals surface area contributed by atoms with Crippen molar-refractivity contribution in [2.45, 2.75) is 52.4 Å². The summed E-state index contributed by atoms with van der Waals surface area (Å²) in [4.78, 5) is 9.32. The van der Waals surface area contributed by atoms with Gasteiger partial charge < -0.3 is 19.6 Å². The summed E-state index contributed by atoms with van der Waals surface area (Å²) < 4.78 is 0. The third kappa shape index (κ3) is 9.50. The van der Waals surface area contributed by atoms with Crippen molar-refractivity contribution in [3.05, 3.63) is 254 Å². The first-order valence-corrected chi connectivity index (χ1v) is 22.9. The molecule has 0 spiro atoms. The normalized spacial score (nSPS) is 11.5. The zero-order valence-corrected chi connectivity index (χ0v) is 38.9. The van der Waals surface area contributed by atoms with E-state index in [1.54, 1.807) is 0 Å². The summed E-state index contributed by atoms with van der Waals surface area (Å²) in [6.45, 7) is 13.6. The van der Waals surface area contributed by atoms with Crippen LogP contribution in [0.4, 0.5) is 68.2 Å². The average molecular weight is 859 g/mol. The quantitative estimate of drug-likeness (QED) is 0.121. The van der Waals surface area contributed by atoms with Gasteiger partial charge in [0.05, 0.1) is 0 Å². The predicted octanol–water partition coefficient (Wildman–Crippen LogP) is 18.2. The van der Waals surface area contributed by atoms with Crippen LogP contribution in [0.1, 0.15) is 52.7 Å². The van der Waals surface area contributed by atoms with Gasteiger partial charge in [0, 0.05) is 68.2 Å². The molecule has 0 aliphatic carbocycles. The SMILES string of the molecule is CC(C)(C)c1ccc(N(c2ccc(N(c3ccccc3)c3ccccc3)cc2)c2ccc(N(c3ccc(N(c4ccccc4)c4ccccc4)cc3)c3ccc(C(C)(C)C)cc3)cc2)cc1. The number of benzene rings is 9. The molecule has 0 radical (unpaired) electrons. The first-order valence-electron chi connectivity index (χ1n) is 22.9. The lowest BCUT2D eigenvalue weighted by atomic mass is 9.87. The van der Waals surface area contributed by atoms with E-state index in [4.69, 9.17) is 0 Å². The van der Waals surface area contributed by atoms with Gasteiger partial charge in [0.2, 0.25) is 0 Å². The van der Waals surface area contributed by atoms with Crippen LogP contribution in [0.25, 0.3) is 0 Å². The molecule has 0 N–H and O–H groups in total. The average Bonchev–Trinajstić information content (AvgIpc) is 3.34. The number of para-hydroxylation sites is 4. The Balaban J connectivity index is 1.11. The molecule has 0 amide bonds. The molecule has 4 nitrogen and oxygen atoms in total. The molecule has 0 fully saturated rings. The molecule has 0 atom stereocenters. The van der Waals surface area contributed by atoms with Gasteiger partial charge in [-0.1, -0.05) is 139 Å². The zero-order chi connectivity index (χ0) is 45.7. The molecule has 0 saturated heterocycles. The molecule has 0 aliphatic heterocycles. The Morgan fingerprint density at radius 2 is 0.318 bits per heavy atom. The van der Waals surface area contributed by atoms with Crippen LogP contribution < -0.4 is 19.6 Å². The monoisotopic (exact) mass is 858 g/mol. The summed E-state index contributed by atoms with van der Waals surface area (Å²) in [6.07, 6.45) is 0. The molecule has 0 bridgehead atoms. The molecule has 66 heavy (non-hydrogen) atoms. The first kappa shape index (κ1) is 43.4. The van der Waals surface area contributed by atoms with Crippen molar-refractivity contribution in [3.63, 3.8) is 0 Å². The topological polar surface area (TPSA) is 13.0 Å². The van der Waals surface area contributed by atoms with Crippen LogP contribution in [0.3, 0.4) is 0 Å². The number of anilines is 12. The number of rotatable bonds is 12. The van der Waals surface area contributed by atoms with E-state index in [9.17, 15) is 0 Å². The summed E-state index contributed by atoms with van der Waals surface area (Å²) in [5, 5.41) is 0. The molecular formula is C62H58N4. The van der Waals surface area contributed by atoms with E-state index in [2.05, 4.69) is 304 Å². The second kappa shape index (κ2) is 18.7. The highest BCUT2D eigenvalue weighted by molar-refractivity contribution is 5.85. The predicted molar refractivity (Wildman–Crippen MR) is 283 cm³/mol. The minimum absolute atomic E-state index is 0.0408. The first-order chi connectivity index (χ1) is 32.0. The Morgan fingerprint density at radius 1 is 0.182 bits per heavy atom. The van der Waals surface area contributed by atoms with Gasteiger partial charge in [0.1, 0.15) is 0 Å². The standard InChI is InChI=1S/C62H58N4/c1-61(2,3)47-27-31-53(32-28-47)65(57-39-35-55(36-40-57)63(49-19-11-7-12-20-49)50-21-13-8-14-22-50)59-43-45-60(46-44-59)66(54-33-29-48(30-34-54)62(4,5)6)58-41-37-56(38-42-58)64(51-23-15-9-16-24-51)52-25-17-10-18-26-52/h7-46H,1-6H3. The van der Waals surface area contributed by atoms with Crippen LogP contribution in [0, 0.1) is 0 Å². The van der Waals surface area contributed by atoms with Crippen LogP contribution in [-0.2, 0) is 10.8 Å². The lowest BCUT2D eigenvalue weighted by Crippen LogP contribution is -2.15. The maximum absolute atomic E-state index is 2.36. The highest BCUT2D eigenvalue weighted by atomic mass is 15.2. The summed E-state index contributed by atoms with van der Waals surface area (Å²) in [7, 11) is 0. The third-order valence-electron chi connectivity index (χ3n) is 12.1. The number of nitrogens with zero attached hydrogens (tertiary/aromatic N) is 4. The van der Waals surface area contributed by atoms with Gasteiger partial charge in [-0.15, -0.1) is 0 Å². The van der Waals surface area contributed by atoms with E-state index in [0.29, 0.717) is 0 Å². The summed E-state index contributed by atoms with van der Waals surface area (Å²) in [6, 6.07) is 87.2. The van der Waals surface area contributed by atoms with E-state index in [0.717, 1.165) is 68.2 Å². The highest BCUT2D eigenvalue weighted by Crippen LogP contribution is 2.43. The fraction of sp³-hybridized carbons (Fsp3) is 0.129. The smallest absolute Gasteiger partial charge is 0.0463 e. The van der Waals surface area contributed by atoms with Crippen molar-refractivity contribution in [2.24, 2.45) is 0 Å². The highest BCUT2D eigenvalue weighted by Gasteiger charge is 2.21. The zero-order valence-electron chi connectivity index (χ0n) is 38.9. The van der Waals surface area contributed by atoms with Crippen molar-refractivity contribution in [1.82, 2.24) is 0 Å². The molecule has 0 saturated carbocycles. The largest absolute Gasteiger partial charge is 0.311 e. The van der Waals surface area contributed by atoms with Crippen LogP contribution in [0.5, 0.6) is 0 Å². The Bertz CT molecular complexity index is 2630. The maximum atomic E-state index is 2.36. The number of hydrogen-bond donors (Lipinski definition) is 0. The van der Waals surface area contributed by atoms with Crippen molar-refractivity contribution in [1.29, 1.82) is 0 Å². The fourth-order valence-electron chi connectivity index (χ4n) is 8.57. The molecule has 0 unspecified atom stereocenters. The van der Waals surface area contributed by atoms with Crippen molar-refractivity contribution in [3.8, 4) is 0 Å². The Labute approximate surface area is 392 Å². The molecule has 0 aromatic heterocycles. The van der Waals surface area contributed by atoms with Gasteiger partial charge in [-0.05, 0) is 168 Å². The van der Waals surface area contributed by atoms with E-state index >= 15 is 0 Å². The van der Waals surface area contributed by atoms with Gasteiger partial charge in [-0.2, -0.15) is 0 Å². The van der Waals surface area contributed by atoms with E-state index < -0.39 is 0 Å². The van der Waals surface area contributed by atoms with Crippen molar-refractivity contribution in [2.75, 3.05) is 19.6 Å². The minimum atomic E-state index is 0.0408. The summed E-state index contributed by atoms with van der Waals surface area (Å²) in [5.74, 6) is 0. The number of hydrogen-bond acceptors (Lipinski definition) is 4. The summed E-state index contributed by atoms with van der Waals surface area (Å²) >= 11 is 0. The Morgan fingerprint density at radius 3 is 0.470 bits per heavy atom. The molecule has 4 heteroatoms. The fourth-order valence-corrected chi connectivity index (χ4v) is 8.57. The molecule has 9 aromatic rings. The van der Waals surface area contributed by atoms with Crippen LogP contribution in [-0.4, -0.2) is 0 Å². The second-order valence-electron chi connectivity index (χ2n) is 18.8. The second-order valence-corrected chi connectivity index (χ2v) is 18.8. The summed E-state index contributed by atoms with van der Waals surface area (Å²) in [5.41, 5.74) is 15.8. The van der Waals surface area contributed by atoms with Gasteiger partial charge in [-0.25, -0.2) is 0 Å². The van der Waals surface area contributed by atoms with Crippen molar-refractivity contribution >= 4 is 68.2 Å². The lowest BCUT2D eigenvalue weighted by Gasteiger charge is -2.30. The Kier molecular flexibility index (Phi) is 12.3. The molecule has 326 valence electrons. The van der Waals surface area contributed by atoms with Crippen molar-refractivity contribution < 1.29 is 0 Å². The van der Waals surface area contributed by atoms with Gasteiger partial charge in [0.25, 0.3) is 0 Å². The van der Waals surface area contributed by atoms with Crippen LogP contribution in [0.15, 0.2) is 243 Å². The molecule has 0 heterocycles. The van der Waals surface area contributed by atoms with Gasteiger partial charge in [-0.3, -0.25) is 0 Å². The molecular weight excluding hydrogens is 801 g/mol. The van der Waals surface area contributed by atoms with Crippen LogP contribution >= 0.6 is 0 Å². The molecule has 9 rings (SSSR count). The minimum Gasteiger partial charge on any atom is -0.311 e. The third-order valence-corrected chi connectivity index (χ3v) is 12.1.